The molecule has 1 aliphatic rings. The van der Waals surface area contributed by atoms with E-state index >= 15 is 0 Å². The second kappa shape index (κ2) is 7.86. The smallest absolute Gasteiger partial charge is 0.274 e. The highest BCUT2D eigenvalue weighted by atomic mass is 16.2. The number of amides is 1. The van der Waals surface area contributed by atoms with Crippen molar-refractivity contribution in [3.8, 4) is 0 Å². The minimum atomic E-state index is -0.00631. The summed E-state index contributed by atoms with van der Waals surface area (Å²) in [5.74, 6) is 0.771. The zero-order valence-electron chi connectivity index (χ0n) is 14.1. The van der Waals surface area contributed by atoms with Crippen LogP contribution in [-0.2, 0) is 6.42 Å². The second-order valence-corrected chi connectivity index (χ2v) is 6.14. The van der Waals surface area contributed by atoms with Crippen molar-refractivity contribution in [3.63, 3.8) is 0 Å². The summed E-state index contributed by atoms with van der Waals surface area (Å²) in [7, 11) is 1.98. The van der Waals surface area contributed by atoms with Crippen molar-refractivity contribution in [2.45, 2.75) is 25.7 Å². The monoisotopic (exact) mass is 325 g/mol. The van der Waals surface area contributed by atoms with Gasteiger partial charge in [0, 0.05) is 39.1 Å². The third-order valence-electron chi connectivity index (χ3n) is 4.38. The number of aromatic nitrogens is 3. The number of piperidine rings is 1. The Kier molecular flexibility index (Phi) is 5.36. The Bertz CT molecular complexity index is 653. The van der Waals surface area contributed by atoms with Crippen LogP contribution in [0.1, 0.15) is 35.3 Å². The molecule has 3 rings (SSSR count). The number of likely N-dealkylation sites (tertiary alicyclic amines) is 1. The molecule has 0 aliphatic carbocycles. The fourth-order valence-electron chi connectivity index (χ4n) is 2.85. The molecular formula is C18H23N5O. The van der Waals surface area contributed by atoms with Crippen molar-refractivity contribution in [1.29, 1.82) is 0 Å². The van der Waals surface area contributed by atoms with Gasteiger partial charge in [0.1, 0.15) is 11.5 Å². The van der Waals surface area contributed by atoms with Gasteiger partial charge >= 0.3 is 0 Å². The van der Waals surface area contributed by atoms with E-state index in [0.29, 0.717) is 5.69 Å². The number of hydrogen-bond acceptors (Lipinski definition) is 5. The molecule has 3 heterocycles. The Morgan fingerprint density at radius 3 is 2.54 bits per heavy atom. The van der Waals surface area contributed by atoms with E-state index in [4.69, 9.17) is 0 Å². The van der Waals surface area contributed by atoms with Crippen molar-refractivity contribution in [3.05, 3.63) is 48.2 Å². The van der Waals surface area contributed by atoms with Gasteiger partial charge in [-0.05, 0) is 43.4 Å². The van der Waals surface area contributed by atoms with Crippen molar-refractivity contribution >= 4 is 11.7 Å². The number of carbonyl (C=O) groups excluding carboxylic acids is 1. The van der Waals surface area contributed by atoms with Gasteiger partial charge in [-0.2, -0.15) is 0 Å². The minimum Gasteiger partial charge on any atom is -0.358 e. The largest absolute Gasteiger partial charge is 0.358 e. The summed E-state index contributed by atoms with van der Waals surface area (Å²) in [6.07, 6.45) is 11.2. The molecule has 0 radical (unpaired) electrons. The average molecular weight is 325 g/mol. The Labute approximate surface area is 142 Å². The third-order valence-corrected chi connectivity index (χ3v) is 4.38. The lowest BCUT2D eigenvalue weighted by Gasteiger charge is -2.26. The Morgan fingerprint density at radius 2 is 1.88 bits per heavy atom. The fraction of sp³-hybridized carbons (Fsp3) is 0.444. The van der Waals surface area contributed by atoms with Crippen molar-refractivity contribution in [2.24, 2.45) is 0 Å². The predicted octanol–water partition coefficient (Wildman–Crippen LogP) is 2.18. The molecular weight excluding hydrogens is 302 g/mol. The summed E-state index contributed by atoms with van der Waals surface area (Å²) in [4.78, 5) is 29.1. The Hall–Kier alpha value is -2.50. The molecule has 6 heteroatoms. The fourth-order valence-corrected chi connectivity index (χ4v) is 2.85. The van der Waals surface area contributed by atoms with Gasteiger partial charge in [0.2, 0.25) is 0 Å². The first-order valence-corrected chi connectivity index (χ1v) is 8.45. The highest BCUT2D eigenvalue weighted by Gasteiger charge is 2.19. The number of pyridine rings is 1. The van der Waals surface area contributed by atoms with E-state index in [-0.39, 0.29) is 5.91 Å². The first kappa shape index (κ1) is 16.4. The molecule has 2 aromatic rings. The standard InChI is InChI=1S/C18H23N5O/c1-22(12-7-15-5-8-19-9-6-15)17-14-20-16(13-21-17)18(24)23-10-3-2-4-11-23/h5-6,8-9,13-14H,2-4,7,10-12H2,1H3. The summed E-state index contributed by atoms with van der Waals surface area (Å²) in [6, 6.07) is 4.03. The van der Waals surface area contributed by atoms with E-state index in [1.807, 2.05) is 29.0 Å². The van der Waals surface area contributed by atoms with Crippen molar-refractivity contribution in [1.82, 2.24) is 19.9 Å². The molecule has 1 fully saturated rings. The first-order chi connectivity index (χ1) is 11.7. The van der Waals surface area contributed by atoms with Gasteiger partial charge in [0.05, 0.1) is 12.4 Å². The second-order valence-electron chi connectivity index (χ2n) is 6.14. The van der Waals surface area contributed by atoms with Crippen LogP contribution in [-0.4, -0.2) is 52.4 Å². The van der Waals surface area contributed by atoms with Gasteiger partial charge in [0.25, 0.3) is 5.91 Å². The molecule has 1 amide bonds. The van der Waals surface area contributed by atoms with Gasteiger partial charge in [-0.1, -0.05) is 0 Å². The molecule has 0 bridgehead atoms. The Balaban J connectivity index is 1.58. The molecule has 2 aromatic heterocycles. The quantitative estimate of drug-likeness (QED) is 0.843. The van der Waals surface area contributed by atoms with Crippen LogP contribution in [0.25, 0.3) is 0 Å². The topological polar surface area (TPSA) is 62.2 Å². The van der Waals surface area contributed by atoms with Crippen LogP contribution in [0.4, 0.5) is 5.82 Å². The van der Waals surface area contributed by atoms with Gasteiger partial charge < -0.3 is 9.80 Å². The zero-order chi connectivity index (χ0) is 16.8. The van der Waals surface area contributed by atoms with E-state index in [2.05, 4.69) is 15.0 Å². The van der Waals surface area contributed by atoms with Crippen LogP contribution >= 0.6 is 0 Å². The van der Waals surface area contributed by atoms with Gasteiger partial charge in [-0.25, -0.2) is 9.97 Å². The Morgan fingerprint density at radius 1 is 1.12 bits per heavy atom. The highest BCUT2D eigenvalue weighted by molar-refractivity contribution is 5.92. The minimum absolute atomic E-state index is 0.00631. The molecule has 0 spiro atoms. The van der Waals surface area contributed by atoms with Crippen LogP contribution in [0, 0.1) is 0 Å². The summed E-state index contributed by atoms with van der Waals surface area (Å²) in [5.41, 5.74) is 1.67. The van der Waals surface area contributed by atoms with E-state index in [1.54, 1.807) is 24.8 Å². The molecule has 0 atom stereocenters. The first-order valence-electron chi connectivity index (χ1n) is 8.45. The predicted molar refractivity (Wildman–Crippen MR) is 93.0 cm³/mol. The lowest BCUT2D eigenvalue weighted by molar-refractivity contribution is 0.0718. The summed E-state index contributed by atoms with van der Waals surface area (Å²) in [6.45, 7) is 2.49. The van der Waals surface area contributed by atoms with Crippen LogP contribution in [0.15, 0.2) is 36.9 Å². The van der Waals surface area contributed by atoms with Crippen molar-refractivity contribution in [2.75, 3.05) is 31.6 Å². The lowest BCUT2D eigenvalue weighted by atomic mass is 10.1. The molecule has 126 valence electrons. The summed E-state index contributed by atoms with van der Waals surface area (Å²) >= 11 is 0. The number of carbonyl (C=O) groups is 1. The van der Waals surface area contributed by atoms with E-state index in [1.165, 1.54) is 12.0 Å². The van der Waals surface area contributed by atoms with Gasteiger partial charge in [-0.3, -0.25) is 9.78 Å². The number of rotatable bonds is 5. The molecule has 0 aromatic carbocycles. The van der Waals surface area contributed by atoms with Gasteiger partial charge in [-0.15, -0.1) is 0 Å². The molecule has 0 unspecified atom stereocenters. The average Bonchev–Trinajstić information content (AvgIpc) is 2.67. The SMILES string of the molecule is CN(CCc1ccncc1)c1cnc(C(=O)N2CCCCC2)cn1. The van der Waals surface area contributed by atoms with E-state index in [9.17, 15) is 4.79 Å². The normalized spacial score (nSPS) is 14.5. The maximum absolute atomic E-state index is 12.4. The molecule has 0 saturated carbocycles. The van der Waals surface area contributed by atoms with Gasteiger partial charge in [0.15, 0.2) is 0 Å². The van der Waals surface area contributed by atoms with Crippen LogP contribution in [0.3, 0.4) is 0 Å². The van der Waals surface area contributed by atoms with Crippen LogP contribution in [0.5, 0.6) is 0 Å². The molecule has 6 nitrogen and oxygen atoms in total. The van der Waals surface area contributed by atoms with Crippen LogP contribution < -0.4 is 4.90 Å². The van der Waals surface area contributed by atoms with E-state index < -0.39 is 0 Å². The third kappa shape index (κ3) is 4.07. The molecule has 24 heavy (non-hydrogen) atoms. The maximum atomic E-state index is 12.4. The lowest BCUT2D eigenvalue weighted by Crippen LogP contribution is -2.36. The summed E-state index contributed by atoms with van der Waals surface area (Å²) in [5, 5.41) is 0. The highest BCUT2D eigenvalue weighted by Crippen LogP contribution is 2.13. The maximum Gasteiger partial charge on any atom is 0.274 e. The summed E-state index contributed by atoms with van der Waals surface area (Å²) < 4.78 is 0. The number of anilines is 1. The number of nitrogens with zero attached hydrogens (tertiary/aromatic N) is 5. The zero-order valence-corrected chi connectivity index (χ0v) is 14.1. The molecule has 1 aliphatic heterocycles. The van der Waals surface area contributed by atoms with Crippen LogP contribution in [0.2, 0.25) is 0 Å². The number of hydrogen-bond donors (Lipinski definition) is 0. The molecule has 1 saturated heterocycles. The molecule has 0 N–H and O–H groups in total. The van der Waals surface area contributed by atoms with E-state index in [0.717, 1.165) is 44.7 Å². The van der Waals surface area contributed by atoms with Crippen molar-refractivity contribution < 1.29 is 4.79 Å². The number of likely N-dealkylation sites (N-methyl/N-ethyl adjacent to an activating group) is 1.